The average Bonchev–Trinajstić information content (AvgIpc) is 2.14. The van der Waals surface area contributed by atoms with E-state index >= 15 is 0 Å². The Kier molecular flexibility index (Phi) is 11.7. The van der Waals surface area contributed by atoms with E-state index in [-0.39, 0.29) is 34.6 Å². The van der Waals surface area contributed by atoms with Crippen molar-refractivity contribution in [3.8, 4) is 0 Å². The first-order chi connectivity index (χ1) is 8.25. The Balaban J connectivity index is 0. The van der Waals surface area contributed by atoms with Crippen LogP contribution in [0.15, 0.2) is 12.3 Å². The fraction of sp³-hybridized carbons (Fsp3) is 0.500. The number of pyridine rings is 1. The zero-order chi connectivity index (χ0) is 14.3. The van der Waals surface area contributed by atoms with Gasteiger partial charge in [0.1, 0.15) is 10.7 Å². The van der Waals surface area contributed by atoms with Gasteiger partial charge in [-0.1, -0.05) is 50.9 Å². The molecule has 1 N–H and O–H groups in total. The van der Waals surface area contributed by atoms with E-state index in [1.165, 1.54) is 12.3 Å². The largest absolute Gasteiger partial charge is 1.00 e. The summed E-state index contributed by atoms with van der Waals surface area (Å²) in [7, 11) is 0. The Morgan fingerprint density at radius 1 is 1.26 bits per heavy atom. The summed E-state index contributed by atoms with van der Waals surface area (Å²) in [5, 5.41) is 12.8. The van der Waals surface area contributed by atoms with E-state index in [2.05, 4.69) is 38.0 Å². The van der Waals surface area contributed by atoms with Crippen LogP contribution < -0.4 is 18.9 Å². The van der Waals surface area contributed by atoms with E-state index in [9.17, 15) is 4.79 Å². The Bertz CT molecular complexity index is 375. The van der Waals surface area contributed by atoms with Crippen LogP contribution in [0.3, 0.4) is 0 Å². The molecule has 0 atom stereocenters. The number of rotatable bonds is 3. The van der Waals surface area contributed by atoms with Gasteiger partial charge in [0.15, 0.2) is 0 Å². The standard InChI is InChI=1S/C6H3Cl2NO2.C6H14N.Li/c7-3-1-2-9-5(8)4(3)6(10)11;1-5(2)7-6(3)4;/h1-2H,(H,10,11);5-6H,1-4H3;/q;-1;+1. The minimum Gasteiger partial charge on any atom is -0.658 e. The van der Waals surface area contributed by atoms with E-state index < -0.39 is 5.97 Å². The van der Waals surface area contributed by atoms with Gasteiger partial charge in [0, 0.05) is 6.20 Å². The first-order valence-corrected chi connectivity index (χ1v) is 6.24. The molecule has 1 aromatic rings. The Hall–Kier alpha value is -0.243. The molecule has 0 amide bonds. The zero-order valence-corrected chi connectivity index (χ0v) is 13.3. The molecule has 0 saturated carbocycles. The summed E-state index contributed by atoms with van der Waals surface area (Å²) < 4.78 is 0. The molecule has 19 heavy (non-hydrogen) atoms. The van der Waals surface area contributed by atoms with Crippen molar-refractivity contribution in [2.24, 2.45) is 0 Å². The summed E-state index contributed by atoms with van der Waals surface area (Å²) in [5.41, 5.74) is -0.157. The molecule has 0 radical (unpaired) electrons. The fourth-order valence-corrected chi connectivity index (χ4v) is 1.72. The molecule has 102 valence electrons. The number of hydrogen-bond acceptors (Lipinski definition) is 2. The van der Waals surface area contributed by atoms with Gasteiger partial charge in [-0.15, -0.1) is 12.1 Å². The molecule has 0 unspecified atom stereocenters. The molecule has 7 heteroatoms. The predicted molar refractivity (Wildman–Crippen MR) is 74.8 cm³/mol. The van der Waals surface area contributed by atoms with Crippen molar-refractivity contribution in [3.05, 3.63) is 33.3 Å². The number of hydrogen-bond donors (Lipinski definition) is 1. The first kappa shape index (κ1) is 21.1. The van der Waals surface area contributed by atoms with Gasteiger partial charge in [0.05, 0.1) is 5.02 Å². The number of aromatic carboxylic acids is 1. The van der Waals surface area contributed by atoms with Crippen LogP contribution in [-0.2, 0) is 0 Å². The maximum atomic E-state index is 10.4. The van der Waals surface area contributed by atoms with Crippen LogP contribution in [0.4, 0.5) is 0 Å². The second kappa shape index (κ2) is 10.5. The smallest absolute Gasteiger partial charge is 0.658 e. The Morgan fingerprint density at radius 2 is 1.74 bits per heavy atom. The monoisotopic (exact) mass is 298 g/mol. The van der Waals surface area contributed by atoms with Crippen LogP contribution in [0.25, 0.3) is 5.32 Å². The van der Waals surface area contributed by atoms with Gasteiger partial charge in [0.25, 0.3) is 0 Å². The van der Waals surface area contributed by atoms with E-state index in [1.807, 2.05) is 0 Å². The van der Waals surface area contributed by atoms with Crippen LogP contribution in [0.2, 0.25) is 10.2 Å². The summed E-state index contributed by atoms with van der Waals surface area (Å²) in [6.45, 7) is 8.39. The normalized spacial score (nSPS) is 9.68. The molecule has 0 bridgehead atoms. The summed E-state index contributed by atoms with van der Waals surface area (Å²) >= 11 is 11.0. The molecule has 1 aromatic heterocycles. The van der Waals surface area contributed by atoms with Gasteiger partial charge < -0.3 is 10.4 Å². The van der Waals surface area contributed by atoms with Crippen LogP contribution in [0.1, 0.15) is 38.1 Å². The number of carboxylic acids is 1. The van der Waals surface area contributed by atoms with Gasteiger partial charge in [-0.3, -0.25) is 0 Å². The maximum Gasteiger partial charge on any atom is 1.00 e. The number of halogens is 2. The van der Waals surface area contributed by atoms with Crippen LogP contribution in [0.5, 0.6) is 0 Å². The summed E-state index contributed by atoms with van der Waals surface area (Å²) in [5.74, 6) is -1.17. The SMILES string of the molecule is CC(C)[N-]C(C)C.O=C(O)c1c(Cl)ccnc1Cl.[Li+]. The van der Waals surface area contributed by atoms with Crippen molar-refractivity contribution in [2.75, 3.05) is 0 Å². The molecule has 1 heterocycles. The molecule has 0 aliphatic rings. The Morgan fingerprint density at radius 3 is 1.95 bits per heavy atom. The summed E-state index contributed by atoms with van der Waals surface area (Å²) in [4.78, 5) is 14.0. The van der Waals surface area contributed by atoms with Crippen LogP contribution >= 0.6 is 23.2 Å². The third-order valence-corrected chi connectivity index (χ3v) is 2.27. The molecule has 1 rings (SSSR count). The van der Waals surface area contributed by atoms with Crippen LogP contribution in [-0.4, -0.2) is 28.1 Å². The molecular weight excluding hydrogens is 282 g/mol. The quantitative estimate of drug-likeness (QED) is 0.675. The van der Waals surface area contributed by atoms with E-state index in [1.54, 1.807) is 0 Å². The minimum atomic E-state index is -1.17. The number of carboxylic acid groups (broad SMARTS) is 1. The second-order valence-electron chi connectivity index (χ2n) is 4.10. The minimum absolute atomic E-state index is 0. The molecule has 0 fully saturated rings. The van der Waals surface area contributed by atoms with E-state index in [4.69, 9.17) is 28.3 Å². The van der Waals surface area contributed by atoms with E-state index in [0.717, 1.165) is 0 Å². The third-order valence-electron chi connectivity index (χ3n) is 1.66. The van der Waals surface area contributed by atoms with Crippen molar-refractivity contribution in [2.45, 2.75) is 39.8 Å². The number of aromatic nitrogens is 1. The van der Waals surface area contributed by atoms with Crippen molar-refractivity contribution < 1.29 is 28.8 Å². The van der Waals surface area contributed by atoms with Gasteiger partial charge in [-0.25, -0.2) is 9.78 Å². The number of nitrogens with zero attached hydrogens (tertiary/aromatic N) is 2. The van der Waals surface area contributed by atoms with Crippen molar-refractivity contribution in [1.29, 1.82) is 0 Å². The summed E-state index contributed by atoms with van der Waals surface area (Å²) in [6, 6.07) is 2.37. The van der Waals surface area contributed by atoms with Gasteiger partial charge >= 0.3 is 24.8 Å². The maximum absolute atomic E-state index is 10.4. The fourth-order valence-electron chi connectivity index (χ4n) is 1.20. The molecule has 0 aliphatic heterocycles. The Labute approximate surface area is 136 Å². The molecule has 0 saturated heterocycles. The van der Waals surface area contributed by atoms with Crippen LogP contribution in [0, 0.1) is 0 Å². The van der Waals surface area contributed by atoms with Crippen molar-refractivity contribution >= 4 is 29.2 Å². The molecule has 0 aliphatic carbocycles. The van der Waals surface area contributed by atoms with Crippen molar-refractivity contribution in [1.82, 2.24) is 4.98 Å². The summed E-state index contributed by atoms with van der Waals surface area (Å²) in [6.07, 6.45) is 1.34. The number of carbonyl (C=O) groups is 1. The van der Waals surface area contributed by atoms with E-state index in [0.29, 0.717) is 12.1 Å². The third kappa shape index (κ3) is 9.31. The molecule has 4 nitrogen and oxygen atoms in total. The van der Waals surface area contributed by atoms with Gasteiger partial charge in [-0.05, 0) is 6.07 Å². The topological polar surface area (TPSA) is 64.3 Å². The molecule has 0 spiro atoms. The molecular formula is C12H17Cl2LiN2O2. The molecule has 0 aromatic carbocycles. The zero-order valence-electron chi connectivity index (χ0n) is 11.8. The predicted octanol–water partition coefficient (Wildman–Crippen LogP) is 1.27. The van der Waals surface area contributed by atoms with Gasteiger partial charge in [-0.2, -0.15) is 0 Å². The average molecular weight is 299 g/mol. The van der Waals surface area contributed by atoms with Gasteiger partial charge in [0.2, 0.25) is 0 Å². The first-order valence-electron chi connectivity index (χ1n) is 5.49. The van der Waals surface area contributed by atoms with Crippen molar-refractivity contribution in [3.63, 3.8) is 0 Å². The second-order valence-corrected chi connectivity index (χ2v) is 4.87.